The summed E-state index contributed by atoms with van der Waals surface area (Å²) in [5.41, 5.74) is 3.23. The Morgan fingerprint density at radius 3 is 2.72 bits per heavy atom. The van der Waals surface area contributed by atoms with Crippen LogP contribution in [0.25, 0.3) is 10.9 Å². The molecule has 7 heteroatoms. The van der Waals surface area contributed by atoms with E-state index < -0.39 is 17.0 Å². The normalized spacial score (nSPS) is 26.5. The molecule has 3 rings (SSSR count). The summed E-state index contributed by atoms with van der Waals surface area (Å²) in [6.45, 7) is -0.709. The predicted octanol–water partition coefficient (Wildman–Crippen LogP) is -0.783. The second kappa shape index (κ2) is 7.94. The first-order chi connectivity index (χ1) is 12.5. The molecule has 1 fully saturated rings. The molecule has 0 radical (unpaired) electrons. The Bertz CT molecular complexity index is 920. The fourth-order valence-corrected chi connectivity index (χ4v) is 4.19. The van der Waals surface area contributed by atoms with Crippen molar-refractivity contribution in [3.8, 4) is 0 Å². The van der Waals surface area contributed by atoms with Crippen LogP contribution in [-0.2, 0) is 16.4 Å². The van der Waals surface area contributed by atoms with Gasteiger partial charge in [0.15, 0.2) is 0 Å². The van der Waals surface area contributed by atoms with E-state index in [0.29, 0.717) is 25.4 Å². The number of nitrogens with one attached hydrogen (secondary N) is 2. The van der Waals surface area contributed by atoms with Crippen LogP contribution in [0, 0.1) is 0 Å². The highest BCUT2D eigenvalue weighted by Gasteiger charge is 2.28. The molecule has 0 amide bonds. The van der Waals surface area contributed by atoms with Gasteiger partial charge in [0, 0.05) is 29.9 Å². The van der Waals surface area contributed by atoms with Crippen LogP contribution >= 0.6 is 0 Å². The molecular weight excluding hydrogens is 450 g/mol. The maximum Gasteiger partial charge on any atom is 0.211 e. The Balaban J connectivity index is 0.00000280. The molecule has 0 saturated carbocycles. The van der Waals surface area contributed by atoms with Gasteiger partial charge in [0.05, 0.1) is 37.0 Å². The van der Waals surface area contributed by atoms with E-state index in [2.05, 4.69) is 15.8 Å². The lowest BCUT2D eigenvalue weighted by atomic mass is 9.88. The van der Waals surface area contributed by atoms with Crippen LogP contribution in [0.2, 0.25) is 0 Å². The van der Waals surface area contributed by atoms with Gasteiger partial charge in [0.1, 0.15) is 0 Å². The molecule has 0 bridgehead atoms. The SMILES string of the molecule is [2H][13C]([2H])([2H])[N+]1(C)CCC(c2c[nH]c3ccc(CCS(=O)(=O)NC)cc23)CC1.[I-]. The van der Waals surface area contributed by atoms with E-state index in [1.165, 1.54) is 12.6 Å². The van der Waals surface area contributed by atoms with Crippen LogP contribution in [0.3, 0.4) is 0 Å². The van der Waals surface area contributed by atoms with Gasteiger partial charge in [-0.05, 0) is 42.6 Å². The molecule has 25 heavy (non-hydrogen) atoms. The largest absolute Gasteiger partial charge is 1.00 e. The minimum Gasteiger partial charge on any atom is -1.00 e. The van der Waals surface area contributed by atoms with Gasteiger partial charge < -0.3 is 33.4 Å². The zero-order chi connectivity index (χ0) is 19.9. The van der Waals surface area contributed by atoms with Gasteiger partial charge in [-0.25, -0.2) is 13.1 Å². The Morgan fingerprint density at radius 2 is 2.08 bits per heavy atom. The zero-order valence-electron chi connectivity index (χ0n) is 17.7. The number of H-pyrrole nitrogens is 1. The molecule has 140 valence electrons. The van der Waals surface area contributed by atoms with Gasteiger partial charge in [-0.2, -0.15) is 0 Å². The van der Waals surface area contributed by atoms with Crippen LogP contribution in [0.5, 0.6) is 0 Å². The summed E-state index contributed by atoms with van der Waals surface area (Å²) in [4.78, 5) is 3.30. The first-order valence-corrected chi connectivity index (χ1v) is 10.1. The van der Waals surface area contributed by atoms with E-state index >= 15 is 0 Å². The van der Waals surface area contributed by atoms with Gasteiger partial charge in [0.2, 0.25) is 10.0 Å². The van der Waals surface area contributed by atoms with Gasteiger partial charge in [-0.3, -0.25) is 0 Å². The number of aromatic nitrogens is 1. The number of quaternary nitrogens is 1. The lowest BCUT2D eigenvalue weighted by Crippen LogP contribution is -3.00. The maximum atomic E-state index is 11.7. The number of likely N-dealkylation sites (tertiary alicyclic amines) is 1. The third-order valence-electron chi connectivity index (χ3n) is 5.13. The number of rotatable bonds is 5. The monoisotopic (exact) mass is 481 g/mol. The van der Waals surface area contributed by atoms with Crippen molar-refractivity contribution in [3.05, 3.63) is 35.5 Å². The van der Waals surface area contributed by atoms with Gasteiger partial charge in [0.25, 0.3) is 0 Å². The first-order valence-electron chi connectivity index (χ1n) is 9.90. The van der Waals surface area contributed by atoms with Crippen LogP contribution in [0.1, 0.15) is 34.0 Å². The molecule has 0 spiro atoms. The van der Waals surface area contributed by atoms with Gasteiger partial charge in [-0.1, -0.05) is 6.07 Å². The highest BCUT2D eigenvalue weighted by Crippen LogP contribution is 2.34. The minimum atomic E-state index is -3.23. The van der Waals surface area contributed by atoms with Crippen molar-refractivity contribution < 1.29 is 41.0 Å². The second-order valence-corrected chi connectivity index (χ2v) is 9.06. The number of aryl methyl sites for hydroxylation is 1. The van der Waals surface area contributed by atoms with Crippen molar-refractivity contribution in [1.82, 2.24) is 9.71 Å². The van der Waals surface area contributed by atoms with E-state index in [1.54, 1.807) is 0 Å². The number of halogens is 1. The Hall–Kier alpha value is -0.640. The van der Waals surface area contributed by atoms with Crippen LogP contribution in [0.4, 0.5) is 0 Å². The average Bonchev–Trinajstić information content (AvgIpc) is 3.03. The summed E-state index contributed by atoms with van der Waals surface area (Å²) in [7, 11) is 0.0179. The highest BCUT2D eigenvalue weighted by atomic mass is 127. The summed E-state index contributed by atoms with van der Waals surface area (Å²) in [6.07, 6.45) is 4.15. The fourth-order valence-electron chi connectivity index (χ4n) is 3.49. The third-order valence-corrected chi connectivity index (χ3v) is 6.49. The van der Waals surface area contributed by atoms with Crippen molar-refractivity contribution in [3.63, 3.8) is 0 Å². The number of aromatic amines is 1. The first kappa shape index (κ1) is 16.5. The third kappa shape index (κ3) is 4.96. The number of hydrogen-bond acceptors (Lipinski definition) is 2. The number of hydrogen-bond donors (Lipinski definition) is 2. The van der Waals surface area contributed by atoms with Gasteiger partial charge in [-0.15, -0.1) is 0 Å². The smallest absolute Gasteiger partial charge is 0.211 e. The summed E-state index contributed by atoms with van der Waals surface area (Å²) >= 11 is 0. The number of sulfonamides is 1. The fraction of sp³-hybridized carbons (Fsp3) is 0.556. The molecule has 1 aromatic carbocycles. The summed E-state index contributed by atoms with van der Waals surface area (Å²) in [5, 5.41) is 1.12. The van der Waals surface area contributed by atoms with Crippen molar-refractivity contribution in [2.75, 3.05) is 39.9 Å². The van der Waals surface area contributed by atoms with Crippen molar-refractivity contribution in [1.29, 1.82) is 0 Å². The van der Waals surface area contributed by atoms with Crippen LogP contribution in [0.15, 0.2) is 24.4 Å². The van der Waals surface area contributed by atoms with Crippen molar-refractivity contribution >= 4 is 20.9 Å². The van der Waals surface area contributed by atoms with E-state index in [1.807, 2.05) is 25.4 Å². The quantitative estimate of drug-likeness (QED) is 0.335. The molecule has 1 aliphatic heterocycles. The van der Waals surface area contributed by atoms with Gasteiger partial charge >= 0.3 is 0 Å². The molecule has 1 aliphatic rings. The molecule has 0 aliphatic carbocycles. The molecule has 2 N–H and O–H groups in total. The van der Waals surface area contributed by atoms with E-state index in [-0.39, 0.29) is 34.2 Å². The number of nitrogens with zero attached hydrogens (tertiary/aromatic N) is 1. The molecule has 2 aromatic rings. The standard InChI is InChI=1S/C18H28N3O2S.HI/c1-19-24(22,23)11-8-14-4-5-18-16(12-14)17(13-20-18)15-6-9-21(2,3)10-7-15;/h4-5,12-13,15,19-20H,6-11H2,1-3H3;1H/q+1;/p-1/i2+1D3;. The Kier molecular flexibility index (Phi) is 5.25. The summed E-state index contributed by atoms with van der Waals surface area (Å²) in [6, 6.07) is 6.02. The zero-order valence-corrected chi connectivity index (χ0v) is 17.7. The average molecular weight is 481 g/mol. The number of piperidine rings is 1. The minimum absolute atomic E-state index is 0. The summed E-state index contributed by atoms with van der Waals surface area (Å²) < 4.78 is 49.2. The van der Waals surface area contributed by atoms with Crippen LogP contribution in [-0.4, -0.2) is 57.8 Å². The van der Waals surface area contributed by atoms with Crippen molar-refractivity contribution in [2.45, 2.75) is 25.2 Å². The highest BCUT2D eigenvalue weighted by molar-refractivity contribution is 7.89. The lowest BCUT2D eigenvalue weighted by Gasteiger charge is -2.37. The molecule has 1 aromatic heterocycles. The van der Waals surface area contributed by atoms with Crippen molar-refractivity contribution in [2.24, 2.45) is 0 Å². The topological polar surface area (TPSA) is 62.0 Å². The number of benzene rings is 1. The molecule has 0 atom stereocenters. The number of fused-ring (bicyclic) bond motifs is 1. The molecule has 5 nitrogen and oxygen atoms in total. The maximum absolute atomic E-state index is 11.7. The van der Waals surface area contributed by atoms with E-state index in [0.717, 1.165) is 29.3 Å². The molecular formula is C18H28IN3O2S. The van der Waals surface area contributed by atoms with Crippen LogP contribution < -0.4 is 28.7 Å². The van der Waals surface area contributed by atoms with E-state index in [4.69, 9.17) is 4.11 Å². The molecule has 1 saturated heterocycles. The lowest BCUT2D eigenvalue weighted by molar-refractivity contribution is -0.895. The van der Waals surface area contributed by atoms with E-state index in [9.17, 15) is 8.42 Å². The molecule has 2 heterocycles. The Labute approximate surface area is 172 Å². The molecule has 0 unspecified atom stereocenters. The summed E-state index contributed by atoms with van der Waals surface area (Å²) in [5.74, 6) is 0.385. The predicted molar refractivity (Wildman–Crippen MR) is 98.7 cm³/mol. The Morgan fingerprint density at radius 1 is 1.36 bits per heavy atom. The second-order valence-electron chi connectivity index (χ2n) is 7.01.